The van der Waals surface area contributed by atoms with Gasteiger partial charge in [-0.25, -0.2) is 4.79 Å². The van der Waals surface area contributed by atoms with Gasteiger partial charge in [-0.15, -0.1) is 0 Å². The van der Waals surface area contributed by atoms with Crippen LogP contribution >= 0.6 is 0 Å². The van der Waals surface area contributed by atoms with Gasteiger partial charge in [-0.3, -0.25) is 4.79 Å². The topological polar surface area (TPSA) is 156 Å². The minimum atomic E-state index is -1.84. The van der Waals surface area contributed by atoms with Crippen molar-refractivity contribution in [3.8, 4) is 22.8 Å². The molecule has 10 heteroatoms. The Morgan fingerprint density at radius 1 is 1.00 bits per heavy atom. The smallest absolute Gasteiger partial charge is 0.335 e. The molecule has 3 aromatic rings. The molecule has 4 rings (SSSR count). The first-order chi connectivity index (χ1) is 15.3. The lowest BCUT2D eigenvalue weighted by molar-refractivity contribution is -0.271. The highest BCUT2D eigenvalue weighted by molar-refractivity contribution is 5.83. The van der Waals surface area contributed by atoms with E-state index >= 15 is 0 Å². The van der Waals surface area contributed by atoms with Crippen LogP contribution in [0.1, 0.15) is 0 Å². The normalized spacial score (nSPS) is 25.4. The number of carbonyl (C=O) groups is 1. The van der Waals surface area contributed by atoms with Gasteiger partial charge in [-0.2, -0.15) is 0 Å². The van der Waals surface area contributed by atoms with Gasteiger partial charge in [0.2, 0.25) is 17.5 Å². The van der Waals surface area contributed by atoms with Crippen LogP contribution in [0.4, 0.5) is 0 Å². The third-order valence-corrected chi connectivity index (χ3v) is 5.13. The van der Waals surface area contributed by atoms with Crippen molar-refractivity contribution in [1.82, 2.24) is 0 Å². The molecule has 1 saturated heterocycles. The van der Waals surface area contributed by atoms with Crippen LogP contribution < -0.4 is 14.9 Å². The molecule has 5 atom stereocenters. The lowest BCUT2D eigenvalue weighted by Crippen LogP contribution is -2.61. The van der Waals surface area contributed by atoms with Crippen LogP contribution in [-0.4, -0.2) is 64.2 Å². The van der Waals surface area contributed by atoms with E-state index in [1.54, 1.807) is 24.3 Å². The number of benzene rings is 2. The summed E-state index contributed by atoms with van der Waals surface area (Å²) in [6.07, 6.45) is -8.75. The number of methoxy groups -OCH3 is 1. The number of carboxylic acids is 1. The molecule has 0 saturated carbocycles. The Kier molecular flexibility index (Phi) is 5.85. The standard InChI is InChI=1S/C22H20O10/c1-29-19-14(23)12-8-7-11(9-13(12)31-18(19)10-5-3-2-4-6-10)30-22-17(26)15(24)16(25)20(32-22)21(27)28/h2-9,15-17,20,22,24-26H,1H3,(H,27,28)/t15-,16-,17+,20-,22?/m0/s1. The highest BCUT2D eigenvalue weighted by Gasteiger charge is 2.48. The Labute approximate surface area is 180 Å². The van der Waals surface area contributed by atoms with E-state index in [0.717, 1.165) is 0 Å². The lowest BCUT2D eigenvalue weighted by Gasteiger charge is -2.38. The van der Waals surface area contributed by atoms with Crippen molar-refractivity contribution in [3.05, 3.63) is 58.8 Å². The third kappa shape index (κ3) is 3.80. The zero-order valence-corrected chi connectivity index (χ0v) is 16.7. The largest absolute Gasteiger partial charge is 0.490 e. The van der Waals surface area contributed by atoms with Crippen LogP contribution in [0.2, 0.25) is 0 Å². The molecule has 168 valence electrons. The molecule has 2 aromatic carbocycles. The predicted molar refractivity (Wildman–Crippen MR) is 109 cm³/mol. The summed E-state index contributed by atoms with van der Waals surface area (Å²) in [5.74, 6) is -1.21. The van der Waals surface area contributed by atoms with Gasteiger partial charge >= 0.3 is 5.97 Å². The zero-order chi connectivity index (χ0) is 23.0. The van der Waals surface area contributed by atoms with E-state index in [0.29, 0.717) is 5.56 Å². The summed E-state index contributed by atoms with van der Waals surface area (Å²) in [5.41, 5.74) is 0.354. The third-order valence-electron chi connectivity index (χ3n) is 5.13. The number of ether oxygens (including phenoxy) is 3. The molecule has 32 heavy (non-hydrogen) atoms. The maximum atomic E-state index is 12.9. The van der Waals surface area contributed by atoms with Crippen LogP contribution in [0.25, 0.3) is 22.3 Å². The molecule has 0 radical (unpaired) electrons. The van der Waals surface area contributed by atoms with E-state index in [1.165, 1.54) is 25.3 Å². The van der Waals surface area contributed by atoms with Crippen molar-refractivity contribution in [3.63, 3.8) is 0 Å². The molecule has 0 spiro atoms. The van der Waals surface area contributed by atoms with Gasteiger partial charge in [0.05, 0.1) is 12.5 Å². The van der Waals surface area contributed by atoms with Crippen LogP contribution in [0.5, 0.6) is 11.5 Å². The van der Waals surface area contributed by atoms with Gasteiger partial charge in [0.15, 0.2) is 11.9 Å². The number of fused-ring (bicyclic) bond motifs is 1. The SMILES string of the molecule is COc1c(-c2ccccc2)oc2cc(OC3O[C@H](C(=O)O)[C@@H](O)[C@H](O)[C@H]3O)ccc2c1=O. The summed E-state index contributed by atoms with van der Waals surface area (Å²) in [6, 6.07) is 13.0. The molecule has 1 fully saturated rings. The minimum absolute atomic E-state index is 0.0322. The molecule has 1 unspecified atom stereocenters. The quantitative estimate of drug-likeness (QED) is 0.443. The molecule has 1 aliphatic rings. The van der Waals surface area contributed by atoms with Crippen molar-refractivity contribution >= 4 is 16.9 Å². The summed E-state index contributed by atoms with van der Waals surface area (Å²) in [5, 5.41) is 39.2. The fourth-order valence-corrected chi connectivity index (χ4v) is 3.48. The van der Waals surface area contributed by atoms with E-state index in [2.05, 4.69) is 0 Å². The van der Waals surface area contributed by atoms with Crippen LogP contribution in [-0.2, 0) is 9.53 Å². The fourth-order valence-electron chi connectivity index (χ4n) is 3.48. The van der Waals surface area contributed by atoms with E-state index in [-0.39, 0.29) is 28.2 Å². The van der Waals surface area contributed by atoms with E-state index in [1.807, 2.05) is 6.07 Å². The first-order valence-electron chi connectivity index (χ1n) is 9.61. The molecule has 1 aliphatic heterocycles. The number of aliphatic hydroxyl groups is 3. The summed E-state index contributed by atoms with van der Waals surface area (Å²) in [6.45, 7) is 0. The second-order valence-electron chi connectivity index (χ2n) is 7.17. The Balaban J connectivity index is 1.72. The molecule has 1 aromatic heterocycles. The highest BCUT2D eigenvalue weighted by Crippen LogP contribution is 2.32. The van der Waals surface area contributed by atoms with Crippen LogP contribution in [0.15, 0.2) is 57.7 Å². The zero-order valence-electron chi connectivity index (χ0n) is 16.7. The van der Waals surface area contributed by atoms with Gasteiger partial charge in [-0.1, -0.05) is 30.3 Å². The monoisotopic (exact) mass is 444 g/mol. The summed E-state index contributed by atoms with van der Waals surface area (Å²) in [4.78, 5) is 24.2. The molecular formula is C22H20O10. The van der Waals surface area contributed by atoms with Gasteiger partial charge in [0.1, 0.15) is 29.6 Å². The van der Waals surface area contributed by atoms with Crippen molar-refractivity contribution < 1.29 is 43.8 Å². The molecular weight excluding hydrogens is 424 g/mol. The summed E-state index contributed by atoms with van der Waals surface area (Å²) in [7, 11) is 1.36. The molecule has 0 aliphatic carbocycles. The van der Waals surface area contributed by atoms with E-state index < -0.39 is 42.1 Å². The highest BCUT2D eigenvalue weighted by atomic mass is 16.7. The Morgan fingerprint density at radius 2 is 1.72 bits per heavy atom. The number of aliphatic carboxylic acids is 1. The number of aliphatic hydroxyl groups excluding tert-OH is 3. The van der Waals surface area contributed by atoms with Gasteiger partial charge in [-0.05, 0) is 12.1 Å². The average Bonchev–Trinajstić information content (AvgIpc) is 2.79. The number of hydrogen-bond acceptors (Lipinski definition) is 9. The maximum absolute atomic E-state index is 12.9. The Morgan fingerprint density at radius 3 is 2.38 bits per heavy atom. The van der Waals surface area contributed by atoms with E-state index in [4.69, 9.17) is 23.7 Å². The van der Waals surface area contributed by atoms with Gasteiger partial charge in [0, 0.05) is 11.6 Å². The molecule has 0 amide bonds. The van der Waals surface area contributed by atoms with Crippen molar-refractivity contribution in [2.45, 2.75) is 30.7 Å². The number of carboxylic acid groups (broad SMARTS) is 1. The molecule has 2 heterocycles. The van der Waals surface area contributed by atoms with Crippen molar-refractivity contribution in [2.75, 3.05) is 7.11 Å². The van der Waals surface area contributed by atoms with Crippen molar-refractivity contribution in [1.29, 1.82) is 0 Å². The van der Waals surface area contributed by atoms with Crippen LogP contribution in [0, 0.1) is 0 Å². The second kappa shape index (κ2) is 8.60. The molecule has 10 nitrogen and oxygen atoms in total. The first-order valence-corrected chi connectivity index (χ1v) is 9.61. The minimum Gasteiger partial charge on any atom is -0.490 e. The van der Waals surface area contributed by atoms with Crippen LogP contribution in [0.3, 0.4) is 0 Å². The second-order valence-corrected chi connectivity index (χ2v) is 7.17. The number of rotatable bonds is 5. The molecule has 4 N–H and O–H groups in total. The lowest BCUT2D eigenvalue weighted by atomic mass is 9.99. The predicted octanol–water partition coefficient (Wildman–Crippen LogP) is 0.740. The fraction of sp³-hybridized carbons (Fsp3) is 0.273. The van der Waals surface area contributed by atoms with Gasteiger partial charge in [0.25, 0.3) is 0 Å². The first kappa shape index (κ1) is 21.8. The number of hydrogen-bond donors (Lipinski definition) is 4. The summed E-state index contributed by atoms with van der Waals surface area (Å²) < 4.78 is 21.8. The van der Waals surface area contributed by atoms with Crippen molar-refractivity contribution in [2.24, 2.45) is 0 Å². The van der Waals surface area contributed by atoms with Gasteiger partial charge < -0.3 is 39.1 Å². The Bertz CT molecular complexity index is 1190. The van der Waals surface area contributed by atoms with E-state index in [9.17, 15) is 24.9 Å². The Hall–Kier alpha value is -3.44. The maximum Gasteiger partial charge on any atom is 0.335 e. The average molecular weight is 444 g/mol. The summed E-state index contributed by atoms with van der Waals surface area (Å²) >= 11 is 0. The molecule has 0 bridgehead atoms.